The number of carbonyl (C=O) groups is 2. The van der Waals surface area contributed by atoms with E-state index in [9.17, 15) is 14.0 Å². The van der Waals surface area contributed by atoms with Crippen LogP contribution in [-0.2, 0) is 4.79 Å². The maximum Gasteiger partial charge on any atom is 0.315 e. The molecule has 0 aliphatic carbocycles. The van der Waals surface area contributed by atoms with Gasteiger partial charge in [-0.2, -0.15) is 0 Å². The molecule has 0 bridgehead atoms. The van der Waals surface area contributed by atoms with Gasteiger partial charge in [0.2, 0.25) is 5.91 Å². The van der Waals surface area contributed by atoms with Crippen molar-refractivity contribution in [2.45, 2.75) is 17.4 Å². The molecule has 0 aromatic heterocycles. The van der Waals surface area contributed by atoms with Gasteiger partial charge in [-0.05, 0) is 36.2 Å². The molecule has 3 amide bonds. The highest BCUT2D eigenvalue weighted by molar-refractivity contribution is 7.99. The second kappa shape index (κ2) is 8.60. The van der Waals surface area contributed by atoms with Crippen LogP contribution in [0.2, 0.25) is 0 Å². The molecule has 138 valence electrons. The van der Waals surface area contributed by atoms with E-state index in [4.69, 9.17) is 6.42 Å². The second-order valence-electron chi connectivity index (χ2n) is 5.95. The van der Waals surface area contributed by atoms with Gasteiger partial charge in [-0.1, -0.05) is 24.1 Å². The molecule has 1 heterocycles. The summed E-state index contributed by atoms with van der Waals surface area (Å²) < 4.78 is 13.9. The predicted molar refractivity (Wildman–Crippen MR) is 104 cm³/mol. The van der Waals surface area contributed by atoms with Gasteiger partial charge < -0.3 is 16.0 Å². The van der Waals surface area contributed by atoms with Crippen LogP contribution in [0.15, 0.2) is 47.4 Å². The summed E-state index contributed by atoms with van der Waals surface area (Å²) in [5.74, 6) is 2.55. The Kier molecular flexibility index (Phi) is 5.99. The zero-order valence-electron chi connectivity index (χ0n) is 14.4. The normalized spacial score (nSPS) is 15.2. The molecule has 1 aliphatic rings. The van der Waals surface area contributed by atoms with Crippen LogP contribution in [0, 0.1) is 18.2 Å². The Hall–Kier alpha value is -2.98. The minimum absolute atomic E-state index is 0.191. The van der Waals surface area contributed by atoms with Gasteiger partial charge in [-0.25, -0.2) is 9.18 Å². The largest absolute Gasteiger partial charge is 0.331 e. The number of anilines is 1. The lowest BCUT2D eigenvalue weighted by Crippen LogP contribution is -2.42. The lowest BCUT2D eigenvalue weighted by molar-refractivity contribution is -0.115. The lowest BCUT2D eigenvalue weighted by Gasteiger charge is -2.26. The highest BCUT2D eigenvalue weighted by Gasteiger charge is 2.24. The number of rotatable bonds is 4. The van der Waals surface area contributed by atoms with Crippen molar-refractivity contribution < 1.29 is 14.0 Å². The highest BCUT2D eigenvalue weighted by Crippen LogP contribution is 2.37. The van der Waals surface area contributed by atoms with Crippen molar-refractivity contribution >= 4 is 29.4 Å². The Morgan fingerprint density at radius 1 is 1.26 bits per heavy atom. The highest BCUT2D eigenvalue weighted by atomic mass is 32.2. The average molecular weight is 383 g/mol. The van der Waals surface area contributed by atoms with Crippen molar-refractivity contribution in [1.29, 1.82) is 0 Å². The van der Waals surface area contributed by atoms with Gasteiger partial charge in [0.15, 0.2) is 0 Å². The molecule has 3 N–H and O–H groups in total. The average Bonchev–Trinajstić information content (AvgIpc) is 2.67. The molecule has 0 spiro atoms. The van der Waals surface area contributed by atoms with Crippen LogP contribution >= 0.6 is 11.8 Å². The molecule has 27 heavy (non-hydrogen) atoms. The summed E-state index contributed by atoms with van der Waals surface area (Å²) in [6.07, 6.45) is 6.02. The molecule has 1 atom stereocenters. The first kappa shape index (κ1) is 18.8. The summed E-state index contributed by atoms with van der Waals surface area (Å²) >= 11 is 1.44. The minimum Gasteiger partial charge on any atom is -0.331 e. The number of terminal acetylenes is 1. The van der Waals surface area contributed by atoms with E-state index in [-0.39, 0.29) is 24.3 Å². The SMILES string of the molecule is C#Cc1cccc(NC(=O)CNC(=O)N[C@@H]2CCSc3c(F)cccc32)c1. The van der Waals surface area contributed by atoms with Crippen molar-refractivity contribution in [3.8, 4) is 12.3 Å². The fourth-order valence-corrected chi connectivity index (χ4v) is 3.94. The molecule has 0 radical (unpaired) electrons. The van der Waals surface area contributed by atoms with Gasteiger partial charge in [0.1, 0.15) is 5.82 Å². The van der Waals surface area contributed by atoms with Crippen LogP contribution in [0.25, 0.3) is 0 Å². The standard InChI is InChI=1S/C20H18FN3O2S/c1-2-13-5-3-6-14(11-13)23-18(25)12-22-20(26)24-17-9-10-27-19-15(17)7-4-8-16(19)21/h1,3-8,11,17H,9-10,12H2,(H,23,25)(H2,22,24,26)/t17-/m1/s1. The predicted octanol–water partition coefficient (Wildman–Crippen LogP) is 3.28. The lowest BCUT2D eigenvalue weighted by atomic mass is 10.0. The first-order chi connectivity index (χ1) is 13.1. The first-order valence-corrected chi connectivity index (χ1v) is 9.37. The van der Waals surface area contributed by atoms with Crippen LogP contribution in [0.3, 0.4) is 0 Å². The Morgan fingerprint density at radius 2 is 2.07 bits per heavy atom. The third-order valence-corrected chi connectivity index (χ3v) is 5.21. The van der Waals surface area contributed by atoms with Crippen LogP contribution in [-0.4, -0.2) is 24.2 Å². The quantitative estimate of drug-likeness (QED) is 0.710. The van der Waals surface area contributed by atoms with Crippen LogP contribution < -0.4 is 16.0 Å². The van der Waals surface area contributed by atoms with Gasteiger partial charge in [0.05, 0.1) is 12.6 Å². The number of carbonyl (C=O) groups excluding carboxylic acids is 2. The van der Waals surface area contributed by atoms with E-state index in [1.807, 2.05) is 0 Å². The van der Waals surface area contributed by atoms with Gasteiger partial charge in [-0.15, -0.1) is 18.2 Å². The van der Waals surface area contributed by atoms with E-state index in [0.29, 0.717) is 28.3 Å². The molecule has 7 heteroatoms. The Morgan fingerprint density at radius 3 is 2.89 bits per heavy atom. The zero-order chi connectivity index (χ0) is 19.2. The van der Waals surface area contributed by atoms with Crippen LogP contribution in [0.1, 0.15) is 23.6 Å². The Bertz CT molecular complexity index is 910. The molecule has 2 aromatic rings. The van der Waals surface area contributed by atoms with Crippen LogP contribution in [0.4, 0.5) is 14.9 Å². The summed E-state index contributed by atoms with van der Waals surface area (Å²) in [5, 5.41) is 7.99. The number of halogens is 1. The molecule has 0 unspecified atom stereocenters. The van der Waals surface area contributed by atoms with Crippen molar-refractivity contribution in [1.82, 2.24) is 10.6 Å². The maximum atomic E-state index is 13.9. The number of amides is 3. The molecule has 0 saturated heterocycles. The van der Waals surface area contributed by atoms with Crippen LogP contribution in [0.5, 0.6) is 0 Å². The third kappa shape index (κ3) is 4.80. The van der Waals surface area contributed by atoms with E-state index >= 15 is 0 Å². The number of fused-ring (bicyclic) bond motifs is 1. The molecule has 1 aliphatic heterocycles. The third-order valence-electron chi connectivity index (χ3n) is 4.05. The number of benzene rings is 2. The van der Waals surface area contributed by atoms with E-state index in [0.717, 1.165) is 5.56 Å². The van der Waals surface area contributed by atoms with Gasteiger partial charge in [0.25, 0.3) is 0 Å². The van der Waals surface area contributed by atoms with Gasteiger partial charge in [-0.3, -0.25) is 4.79 Å². The molecule has 3 rings (SSSR count). The monoisotopic (exact) mass is 383 g/mol. The number of thioether (sulfide) groups is 1. The van der Waals surface area contributed by atoms with Crippen molar-refractivity contribution in [2.75, 3.05) is 17.6 Å². The van der Waals surface area contributed by atoms with Crippen molar-refractivity contribution in [3.05, 3.63) is 59.4 Å². The molecule has 5 nitrogen and oxygen atoms in total. The fraction of sp³-hybridized carbons (Fsp3) is 0.200. The fourth-order valence-electron chi connectivity index (χ4n) is 2.80. The van der Waals surface area contributed by atoms with Crippen molar-refractivity contribution in [3.63, 3.8) is 0 Å². The second-order valence-corrected chi connectivity index (χ2v) is 7.05. The number of urea groups is 1. The Balaban J connectivity index is 1.52. The smallest absolute Gasteiger partial charge is 0.315 e. The molecule has 2 aromatic carbocycles. The number of nitrogens with one attached hydrogen (secondary N) is 3. The summed E-state index contributed by atoms with van der Waals surface area (Å²) in [4.78, 5) is 24.7. The topological polar surface area (TPSA) is 70.2 Å². The minimum atomic E-state index is -0.477. The summed E-state index contributed by atoms with van der Waals surface area (Å²) in [7, 11) is 0. The number of hydrogen-bond acceptors (Lipinski definition) is 3. The maximum absolute atomic E-state index is 13.9. The van der Waals surface area contributed by atoms with E-state index in [1.165, 1.54) is 17.8 Å². The van der Waals surface area contributed by atoms with E-state index < -0.39 is 6.03 Å². The zero-order valence-corrected chi connectivity index (χ0v) is 15.2. The van der Waals surface area contributed by atoms with E-state index in [2.05, 4.69) is 21.9 Å². The van der Waals surface area contributed by atoms with E-state index in [1.54, 1.807) is 36.4 Å². The summed E-state index contributed by atoms with van der Waals surface area (Å²) in [6, 6.07) is 11.0. The Labute approximate surface area is 161 Å². The van der Waals surface area contributed by atoms with Gasteiger partial charge >= 0.3 is 6.03 Å². The summed E-state index contributed by atoms with van der Waals surface area (Å²) in [6.45, 7) is -0.191. The number of hydrogen-bond donors (Lipinski definition) is 3. The summed E-state index contributed by atoms with van der Waals surface area (Å²) in [5.41, 5.74) is 1.97. The molecule has 0 saturated carbocycles. The molecular weight excluding hydrogens is 365 g/mol. The molecular formula is C20H18FN3O2S. The van der Waals surface area contributed by atoms with Crippen molar-refractivity contribution in [2.24, 2.45) is 0 Å². The first-order valence-electron chi connectivity index (χ1n) is 8.39. The molecule has 0 fully saturated rings. The van der Waals surface area contributed by atoms with Gasteiger partial charge in [0, 0.05) is 21.9 Å².